The Morgan fingerprint density at radius 3 is 3.00 bits per heavy atom. The summed E-state index contributed by atoms with van der Waals surface area (Å²) in [6.07, 6.45) is 1.82. The van der Waals surface area contributed by atoms with E-state index < -0.39 is 0 Å². The van der Waals surface area contributed by atoms with Gasteiger partial charge < -0.3 is 5.73 Å². The van der Waals surface area contributed by atoms with Crippen molar-refractivity contribution in [3.05, 3.63) is 34.0 Å². The van der Waals surface area contributed by atoms with Crippen LogP contribution in [0.25, 0.3) is 10.9 Å². The van der Waals surface area contributed by atoms with Crippen molar-refractivity contribution in [3.63, 3.8) is 0 Å². The van der Waals surface area contributed by atoms with Crippen LogP contribution >= 0.6 is 22.6 Å². The Bertz CT molecular complexity index is 426. The number of benzene rings is 1. The number of anilines is 1. The highest BCUT2D eigenvalue weighted by Crippen LogP contribution is 2.19. The zero-order valence-corrected chi connectivity index (χ0v) is 8.45. The second-order valence-electron chi connectivity index (χ2n) is 2.57. The van der Waals surface area contributed by atoms with Crippen molar-refractivity contribution in [2.24, 2.45) is 0 Å². The highest BCUT2D eigenvalue weighted by Gasteiger charge is 1.97. The number of rotatable bonds is 0. The average molecular weight is 270 g/mol. The maximum Gasteiger partial charge on any atom is 0.0931 e. The molecule has 0 radical (unpaired) electrons. The highest BCUT2D eigenvalue weighted by molar-refractivity contribution is 14.1. The predicted octanol–water partition coefficient (Wildman–Crippen LogP) is 2.42. The van der Waals surface area contributed by atoms with Gasteiger partial charge in [0, 0.05) is 15.2 Å². The van der Waals surface area contributed by atoms with Gasteiger partial charge in [-0.25, -0.2) is 0 Å². The van der Waals surface area contributed by atoms with Crippen molar-refractivity contribution in [3.8, 4) is 0 Å². The molecule has 12 heavy (non-hydrogen) atoms. The Morgan fingerprint density at radius 2 is 2.17 bits per heavy atom. The lowest BCUT2D eigenvalue weighted by molar-refractivity contribution is 1.39. The molecule has 2 aromatic rings. The first-order chi connectivity index (χ1) is 5.77. The second kappa shape index (κ2) is 2.90. The van der Waals surface area contributed by atoms with Crippen LogP contribution in [0, 0.1) is 3.57 Å². The molecule has 0 aliphatic heterocycles. The fourth-order valence-electron chi connectivity index (χ4n) is 1.16. The van der Waals surface area contributed by atoms with Crippen molar-refractivity contribution >= 4 is 39.2 Å². The van der Waals surface area contributed by atoms with Gasteiger partial charge in [0.05, 0.1) is 11.2 Å². The van der Waals surface area contributed by atoms with Crippen LogP contribution < -0.4 is 5.73 Å². The lowest BCUT2D eigenvalue weighted by Crippen LogP contribution is -1.89. The summed E-state index contributed by atoms with van der Waals surface area (Å²) in [4.78, 5) is 4.25. The molecule has 3 heteroatoms. The number of halogens is 1. The molecule has 0 unspecified atom stereocenters. The summed E-state index contributed by atoms with van der Waals surface area (Å²) in [6, 6.07) is 7.89. The number of fused-ring (bicyclic) bond motifs is 1. The molecule has 0 amide bonds. The maximum absolute atomic E-state index is 5.74. The van der Waals surface area contributed by atoms with Crippen LogP contribution in [0.3, 0.4) is 0 Å². The van der Waals surface area contributed by atoms with Crippen molar-refractivity contribution in [2.75, 3.05) is 5.73 Å². The molecule has 2 nitrogen and oxygen atoms in total. The smallest absolute Gasteiger partial charge is 0.0931 e. The highest BCUT2D eigenvalue weighted by atomic mass is 127. The topological polar surface area (TPSA) is 38.9 Å². The minimum absolute atomic E-state index is 0.740. The molecule has 2 rings (SSSR count). The quantitative estimate of drug-likeness (QED) is 0.589. The number of nitrogens with zero attached hydrogens (tertiary/aromatic N) is 1. The molecular formula is C9H7IN2. The Balaban J connectivity index is 2.86. The first-order valence-electron chi connectivity index (χ1n) is 3.57. The van der Waals surface area contributed by atoms with Crippen molar-refractivity contribution in [1.29, 1.82) is 0 Å². The zero-order valence-electron chi connectivity index (χ0n) is 6.29. The number of para-hydroxylation sites is 1. The van der Waals surface area contributed by atoms with Crippen LogP contribution in [-0.4, -0.2) is 4.98 Å². The third-order valence-electron chi connectivity index (χ3n) is 1.71. The summed E-state index contributed by atoms with van der Waals surface area (Å²) in [5, 5.41) is 1.10. The van der Waals surface area contributed by atoms with Gasteiger partial charge in [0.25, 0.3) is 0 Å². The summed E-state index contributed by atoms with van der Waals surface area (Å²) >= 11 is 2.24. The second-order valence-corrected chi connectivity index (χ2v) is 3.82. The number of aromatic nitrogens is 1. The molecule has 2 N–H and O–H groups in total. The van der Waals surface area contributed by atoms with Crippen LogP contribution in [0.4, 0.5) is 5.69 Å². The third-order valence-corrected chi connectivity index (χ3v) is 2.30. The normalized spacial score (nSPS) is 10.4. The molecule has 0 atom stereocenters. The molecule has 0 fully saturated rings. The van der Waals surface area contributed by atoms with E-state index in [1.54, 1.807) is 0 Å². The molecule has 1 aromatic heterocycles. The van der Waals surface area contributed by atoms with E-state index in [1.165, 1.54) is 0 Å². The molecule has 0 aliphatic carbocycles. The molecule has 1 aromatic carbocycles. The van der Waals surface area contributed by atoms with Crippen molar-refractivity contribution in [1.82, 2.24) is 4.98 Å². The van der Waals surface area contributed by atoms with Gasteiger partial charge >= 0.3 is 0 Å². The minimum Gasteiger partial charge on any atom is -0.397 e. The molecule has 60 valence electrons. The van der Waals surface area contributed by atoms with E-state index in [4.69, 9.17) is 5.73 Å². The van der Waals surface area contributed by atoms with E-state index in [0.29, 0.717) is 0 Å². The number of nitrogen functional groups attached to an aromatic ring is 1. The molecule has 0 saturated heterocycles. The molecule has 0 bridgehead atoms. The van der Waals surface area contributed by atoms with Gasteiger partial charge in [-0.15, -0.1) is 0 Å². The van der Waals surface area contributed by atoms with Crippen LogP contribution in [0.15, 0.2) is 30.5 Å². The van der Waals surface area contributed by atoms with Crippen LogP contribution in [0.5, 0.6) is 0 Å². The van der Waals surface area contributed by atoms with Gasteiger partial charge in [-0.1, -0.05) is 12.1 Å². The number of hydrogen-bond donors (Lipinski definition) is 1. The lowest BCUT2D eigenvalue weighted by atomic mass is 10.2. The third kappa shape index (κ3) is 1.24. The van der Waals surface area contributed by atoms with Crippen molar-refractivity contribution < 1.29 is 0 Å². The van der Waals surface area contributed by atoms with Gasteiger partial charge in [0.1, 0.15) is 0 Å². The van der Waals surface area contributed by atoms with Gasteiger partial charge in [-0.2, -0.15) is 0 Å². The standard InChI is InChI=1S/C9H7IN2/c10-7-4-6-2-1-3-8(11)9(6)12-5-7/h1-5H,11H2. The summed E-state index contributed by atoms with van der Waals surface area (Å²) in [5.41, 5.74) is 7.37. The molecule has 0 aliphatic rings. The van der Waals surface area contributed by atoms with Gasteiger partial charge in [0.2, 0.25) is 0 Å². The van der Waals surface area contributed by atoms with Crippen LogP contribution in [0.1, 0.15) is 0 Å². The summed E-state index contributed by atoms with van der Waals surface area (Å²) in [7, 11) is 0. The van der Waals surface area contributed by atoms with Gasteiger partial charge in [0.15, 0.2) is 0 Å². The first-order valence-corrected chi connectivity index (χ1v) is 4.65. The fourth-order valence-corrected chi connectivity index (χ4v) is 1.63. The van der Waals surface area contributed by atoms with Gasteiger partial charge in [-0.3, -0.25) is 4.98 Å². The number of hydrogen-bond acceptors (Lipinski definition) is 2. The minimum atomic E-state index is 0.740. The Labute approximate surface area is 83.9 Å². The van der Waals surface area contributed by atoms with E-state index in [9.17, 15) is 0 Å². The van der Waals surface area contributed by atoms with Crippen LogP contribution in [-0.2, 0) is 0 Å². The molecule has 0 spiro atoms. The Kier molecular flexibility index (Phi) is 1.88. The average Bonchev–Trinajstić information content (AvgIpc) is 2.04. The largest absolute Gasteiger partial charge is 0.397 e. The van der Waals surface area contributed by atoms with E-state index in [0.717, 1.165) is 20.2 Å². The van der Waals surface area contributed by atoms with Crippen molar-refractivity contribution in [2.45, 2.75) is 0 Å². The zero-order chi connectivity index (χ0) is 8.55. The predicted molar refractivity (Wildman–Crippen MR) is 58.9 cm³/mol. The summed E-state index contributed by atoms with van der Waals surface area (Å²) < 4.78 is 1.13. The molecule has 0 saturated carbocycles. The lowest BCUT2D eigenvalue weighted by Gasteiger charge is -1.99. The molecule has 1 heterocycles. The van der Waals surface area contributed by atoms with E-state index in [-0.39, 0.29) is 0 Å². The molecular weight excluding hydrogens is 263 g/mol. The van der Waals surface area contributed by atoms with E-state index in [2.05, 4.69) is 33.6 Å². The fraction of sp³-hybridized carbons (Fsp3) is 0. The first kappa shape index (κ1) is 7.79. The summed E-state index contributed by atoms with van der Waals surface area (Å²) in [6.45, 7) is 0. The van der Waals surface area contributed by atoms with Gasteiger partial charge in [-0.05, 0) is 34.7 Å². The number of pyridine rings is 1. The Morgan fingerprint density at radius 1 is 1.33 bits per heavy atom. The maximum atomic E-state index is 5.74. The van der Waals surface area contributed by atoms with E-state index in [1.807, 2.05) is 24.4 Å². The Hall–Kier alpha value is -0.840. The monoisotopic (exact) mass is 270 g/mol. The van der Waals surface area contributed by atoms with Crippen LogP contribution in [0.2, 0.25) is 0 Å². The number of nitrogens with two attached hydrogens (primary N) is 1. The van der Waals surface area contributed by atoms with E-state index >= 15 is 0 Å². The SMILES string of the molecule is Nc1cccc2cc(I)cnc12. The summed E-state index contributed by atoms with van der Waals surface area (Å²) in [5.74, 6) is 0.